The molecule has 4 nitrogen and oxygen atoms in total. The molecule has 16 heavy (non-hydrogen) atoms. The largest absolute Gasteiger partial charge is 0.411 e. The predicted molar refractivity (Wildman–Crippen MR) is 64.4 cm³/mol. The molecule has 82 valence electrons. The highest BCUT2D eigenvalue weighted by molar-refractivity contribution is 7.17. The molecule has 0 saturated carbocycles. The fourth-order valence-electron chi connectivity index (χ4n) is 1.18. The molecule has 0 saturated heterocycles. The SMILES string of the molecule is C/C(=N\O)c1sc(-c2cccnc2)nc1Cl. The van der Waals surface area contributed by atoms with E-state index in [1.165, 1.54) is 11.3 Å². The molecule has 0 amide bonds. The van der Waals surface area contributed by atoms with Crippen LogP contribution in [0.15, 0.2) is 29.7 Å². The first-order chi connectivity index (χ1) is 7.72. The van der Waals surface area contributed by atoms with E-state index in [0.29, 0.717) is 15.7 Å². The number of halogens is 1. The first-order valence-electron chi connectivity index (χ1n) is 4.48. The van der Waals surface area contributed by atoms with Crippen LogP contribution in [0, 0.1) is 0 Å². The van der Waals surface area contributed by atoms with Crippen molar-refractivity contribution < 1.29 is 5.21 Å². The molecule has 0 radical (unpaired) electrons. The highest BCUT2D eigenvalue weighted by atomic mass is 35.5. The summed E-state index contributed by atoms with van der Waals surface area (Å²) in [6.45, 7) is 1.67. The topological polar surface area (TPSA) is 58.4 Å². The lowest BCUT2D eigenvalue weighted by molar-refractivity contribution is 0.319. The number of oxime groups is 1. The summed E-state index contributed by atoms with van der Waals surface area (Å²) >= 11 is 7.33. The summed E-state index contributed by atoms with van der Waals surface area (Å²) in [5, 5.41) is 12.9. The van der Waals surface area contributed by atoms with Crippen molar-refractivity contribution in [1.29, 1.82) is 0 Å². The first kappa shape index (κ1) is 11.0. The van der Waals surface area contributed by atoms with Gasteiger partial charge in [0.15, 0.2) is 0 Å². The van der Waals surface area contributed by atoms with Gasteiger partial charge in [0.2, 0.25) is 0 Å². The van der Waals surface area contributed by atoms with E-state index < -0.39 is 0 Å². The number of rotatable bonds is 2. The third-order valence-electron chi connectivity index (χ3n) is 1.97. The second kappa shape index (κ2) is 4.59. The Morgan fingerprint density at radius 3 is 3.00 bits per heavy atom. The third-order valence-corrected chi connectivity index (χ3v) is 3.57. The molecular formula is C10H8ClN3OS. The lowest BCUT2D eigenvalue weighted by Crippen LogP contribution is -1.90. The number of hydrogen-bond acceptors (Lipinski definition) is 5. The monoisotopic (exact) mass is 253 g/mol. The molecule has 0 atom stereocenters. The molecule has 0 aromatic carbocycles. The molecule has 2 aromatic rings. The molecule has 0 aliphatic heterocycles. The quantitative estimate of drug-likeness (QED) is 0.508. The van der Waals surface area contributed by atoms with Gasteiger partial charge in [-0.15, -0.1) is 11.3 Å². The molecule has 1 N–H and O–H groups in total. The predicted octanol–water partition coefficient (Wildman–Crippen LogP) is 3.06. The van der Waals surface area contributed by atoms with Crippen molar-refractivity contribution in [3.05, 3.63) is 34.6 Å². The average molecular weight is 254 g/mol. The van der Waals surface area contributed by atoms with Gasteiger partial charge in [0.05, 0.1) is 10.6 Å². The highest BCUT2D eigenvalue weighted by Crippen LogP contribution is 2.30. The standard InChI is InChI=1S/C10H8ClN3OS/c1-6(14-15)8-9(11)13-10(16-8)7-3-2-4-12-5-7/h2-5,15H,1H3/b14-6+. The summed E-state index contributed by atoms with van der Waals surface area (Å²) < 4.78 is 0. The molecule has 0 spiro atoms. The Balaban J connectivity index is 2.46. The Kier molecular flexibility index (Phi) is 3.17. The molecule has 2 rings (SSSR count). The van der Waals surface area contributed by atoms with E-state index in [2.05, 4.69) is 15.1 Å². The molecule has 6 heteroatoms. The van der Waals surface area contributed by atoms with Gasteiger partial charge in [-0.3, -0.25) is 4.98 Å². The first-order valence-corrected chi connectivity index (χ1v) is 5.67. The van der Waals surface area contributed by atoms with E-state index in [0.717, 1.165) is 10.6 Å². The zero-order chi connectivity index (χ0) is 11.5. The summed E-state index contributed by atoms with van der Waals surface area (Å²) in [7, 11) is 0. The van der Waals surface area contributed by atoms with Crippen LogP contribution in [0.25, 0.3) is 10.6 Å². The fraction of sp³-hybridized carbons (Fsp3) is 0.100. The van der Waals surface area contributed by atoms with Crippen LogP contribution in [0.2, 0.25) is 5.15 Å². The number of hydrogen-bond donors (Lipinski definition) is 1. The summed E-state index contributed by atoms with van der Waals surface area (Å²) in [4.78, 5) is 8.88. The van der Waals surface area contributed by atoms with Gasteiger partial charge in [0, 0.05) is 18.0 Å². The number of nitrogens with zero attached hydrogens (tertiary/aromatic N) is 3. The highest BCUT2D eigenvalue weighted by Gasteiger charge is 2.13. The summed E-state index contributed by atoms with van der Waals surface area (Å²) in [5.41, 5.74) is 1.35. The van der Waals surface area contributed by atoms with Crippen molar-refractivity contribution in [2.45, 2.75) is 6.92 Å². The Bertz CT molecular complexity index is 524. The Morgan fingerprint density at radius 2 is 2.38 bits per heavy atom. The molecule has 0 aliphatic carbocycles. The minimum absolute atomic E-state index is 0.346. The van der Waals surface area contributed by atoms with Crippen molar-refractivity contribution in [2.24, 2.45) is 5.16 Å². The maximum absolute atomic E-state index is 8.69. The number of aromatic nitrogens is 2. The molecule has 0 fully saturated rings. The number of thiazole rings is 1. The number of pyridine rings is 1. The van der Waals surface area contributed by atoms with Crippen LogP contribution >= 0.6 is 22.9 Å². The van der Waals surface area contributed by atoms with Gasteiger partial charge >= 0.3 is 0 Å². The lowest BCUT2D eigenvalue weighted by atomic mass is 10.3. The second-order valence-corrected chi connectivity index (χ2v) is 4.42. The lowest BCUT2D eigenvalue weighted by Gasteiger charge is -1.92. The Hall–Kier alpha value is -1.46. The minimum Gasteiger partial charge on any atom is -0.411 e. The van der Waals surface area contributed by atoms with Crippen molar-refractivity contribution in [1.82, 2.24) is 9.97 Å². The second-order valence-electron chi connectivity index (χ2n) is 3.07. The van der Waals surface area contributed by atoms with E-state index in [9.17, 15) is 0 Å². The van der Waals surface area contributed by atoms with Gasteiger partial charge in [-0.2, -0.15) is 0 Å². The Morgan fingerprint density at radius 1 is 1.56 bits per heavy atom. The van der Waals surface area contributed by atoms with Crippen LogP contribution in [0.1, 0.15) is 11.8 Å². The molecular weight excluding hydrogens is 246 g/mol. The van der Waals surface area contributed by atoms with Gasteiger partial charge in [0.1, 0.15) is 10.2 Å². The van der Waals surface area contributed by atoms with Gasteiger partial charge in [-0.25, -0.2) is 4.98 Å². The fourth-order valence-corrected chi connectivity index (χ4v) is 2.46. The van der Waals surface area contributed by atoms with Crippen molar-refractivity contribution in [3.63, 3.8) is 0 Å². The normalized spacial score (nSPS) is 11.8. The van der Waals surface area contributed by atoms with Crippen molar-refractivity contribution in [2.75, 3.05) is 0 Å². The average Bonchev–Trinajstić information content (AvgIpc) is 2.71. The van der Waals surface area contributed by atoms with Gasteiger partial charge in [-0.05, 0) is 19.1 Å². The molecule has 0 aliphatic rings. The van der Waals surface area contributed by atoms with E-state index >= 15 is 0 Å². The van der Waals surface area contributed by atoms with Crippen LogP contribution in [0.5, 0.6) is 0 Å². The maximum atomic E-state index is 8.69. The molecule has 2 aromatic heterocycles. The summed E-state index contributed by atoms with van der Waals surface area (Å²) in [5.74, 6) is 0. The van der Waals surface area contributed by atoms with E-state index in [1.54, 1.807) is 19.3 Å². The van der Waals surface area contributed by atoms with Gasteiger partial charge in [-0.1, -0.05) is 16.8 Å². The smallest absolute Gasteiger partial charge is 0.149 e. The van der Waals surface area contributed by atoms with Gasteiger partial charge < -0.3 is 5.21 Å². The van der Waals surface area contributed by atoms with E-state index in [4.69, 9.17) is 16.8 Å². The van der Waals surface area contributed by atoms with Crippen LogP contribution in [-0.2, 0) is 0 Å². The van der Waals surface area contributed by atoms with E-state index in [-0.39, 0.29) is 0 Å². The summed E-state index contributed by atoms with van der Waals surface area (Å²) in [6.07, 6.45) is 3.41. The van der Waals surface area contributed by atoms with E-state index in [1.807, 2.05) is 12.1 Å². The summed E-state index contributed by atoms with van der Waals surface area (Å²) in [6, 6.07) is 3.73. The Labute approximate surface area is 101 Å². The minimum atomic E-state index is 0.346. The van der Waals surface area contributed by atoms with Gasteiger partial charge in [0.25, 0.3) is 0 Å². The van der Waals surface area contributed by atoms with Crippen LogP contribution in [-0.4, -0.2) is 20.9 Å². The molecule has 0 bridgehead atoms. The molecule has 2 heterocycles. The van der Waals surface area contributed by atoms with Crippen molar-refractivity contribution >= 4 is 28.6 Å². The third kappa shape index (κ3) is 2.05. The molecule has 0 unspecified atom stereocenters. The van der Waals surface area contributed by atoms with Crippen LogP contribution < -0.4 is 0 Å². The van der Waals surface area contributed by atoms with Crippen LogP contribution in [0.4, 0.5) is 0 Å². The zero-order valence-electron chi connectivity index (χ0n) is 8.38. The van der Waals surface area contributed by atoms with Crippen molar-refractivity contribution in [3.8, 4) is 10.6 Å². The zero-order valence-corrected chi connectivity index (χ0v) is 9.96. The maximum Gasteiger partial charge on any atom is 0.149 e. The van der Waals surface area contributed by atoms with Crippen LogP contribution in [0.3, 0.4) is 0 Å².